The second kappa shape index (κ2) is 8.03. The van der Waals surface area contributed by atoms with Crippen molar-refractivity contribution in [1.29, 1.82) is 0 Å². The third-order valence-corrected chi connectivity index (χ3v) is 4.05. The van der Waals surface area contributed by atoms with Crippen molar-refractivity contribution >= 4 is 11.0 Å². The molecule has 0 atom stereocenters. The lowest BCUT2D eigenvalue weighted by Crippen LogP contribution is -2.05. The Morgan fingerprint density at radius 1 is 0.852 bits per heavy atom. The molecule has 0 saturated carbocycles. The Hall–Kier alpha value is -3.15. The van der Waals surface area contributed by atoms with Crippen molar-refractivity contribution in [2.75, 3.05) is 27.4 Å². The van der Waals surface area contributed by atoms with E-state index in [0.717, 1.165) is 0 Å². The summed E-state index contributed by atoms with van der Waals surface area (Å²) in [5.74, 6) is 2.62. The molecule has 6 nitrogen and oxygen atoms in total. The molecular weight excluding hydrogens is 348 g/mol. The van der Waals surface area contributed by atoms with Crippen molar-refractivity contribution in [3.8, 4) is 34.3 Å². The highest BCUT2D eigenvalue weighted by Crippen LogP contribution is 2.35. The van der Waals surface area contributed by atoms with Gasteiger partial charge in [0.25, 0.3) is 0 Å². The smallest absolute Gasteiger partial charge is 0.197 e. The summed E-state index contributed by atoms with van der Waals surface area (Å²) in [6, 6.07) is 10.2. The van der Waals surface area contributed by atoms with E-state index in [-0.39, 0.29) is 5.43 Å². The molecular formula is C21H22O6. The zero-order valence-electron chi connectivity index (χ0n) is 15.8. The second-order valence-electron chi connectivity index (χ2n) is 5.71. The molecule has 27 heavy (non-hydrogen) atoms. The van der Waals surface area contributed by atoms with Gasteiger partial charge >= 0.3 is 0 Å². The van der Waals surface area contributed by atoms with Gasteiger partial charge in [0.15, 0.2) is 16.9 Å². The molecule has 0 unspecified atom stereocenters. The van der Waals surface area contributed by atoms with E-state index in [4.69, 9.17) is 23.4 Å². The van der Waals surface area contributed by atoms with E-state index in [1.807, 2.05) is 19.9 Å². The summed E-state index contributed by atoms with van der Waals surface area (Å²) in [6.07, 6.45) is 0. The van der Waals surface area contributed by atoms with Crippen molar-refractivity contribution in [3.05, 3.63) is 46.6 Å². The van der Waals surface area contributed by atoms with E-state index in [1.54, 1.807) is 38.5 Å². The fraction of sp³-hybridized carbons (Fsp3) is 0.286. The summed E-state index contributed by atoms with van der Waals surface area (Å²) in [7, 11) is 3.13. The summed E-state index contributed by atoms with van der Waals surface area (Å²) in [4.78, 5) is 12.8. The number of rotatable bonds is 7. The molecule has 6 heteroatoms. The fourth-order valence-electron chi connectivity index (χ4n) is 2.86. The van der Waals surface area contributed by atoms with E-state index in [9.17, 15) is 4.79 Å². The molecule has 0 amide bonds. The van der Waals surface area contributed by atoms with Gasteiger partial charge in [-0.25, -0.2) is 0 Å². The van der Waals surface area contributed by atoms with Crippen molar-refractivity contribution in [2.45, 2.75) is 13.8 Å². The van der Waals surface area contributed by atoms with Crippen molar-refractivity contribution in [2.24, 2.45) is 0 Å². The first-order chi connectivity index (χ1) is 13.1. The van der Waals surface area contributed by atoms with Crippen LogP contribution in [0.5, 0.6) is 23.0 Å². The maximum atomic E-state index is 12.8. The van der Waals surface area contributed by atoms with Crippen LogP contribution >= 0.6 is 0 Å². The van der Waals surface area contributed by atoms with Gasteiger partial charge < -0.3 is 23.4 Å². The maximum Gasteiger partial charge on any atom is 0.197 e. The number of benzene rings is 2. The van der Waals surface area contributed by atoms with Gasteiger partial charge in [0, 0.05) is 23.8 Å². The Balaban J connectivity index is 2.19. The Morgan fingerprint density at radius 3 is 2.26 bits per heavy atom. The number of hydrogen-bond donors (Lipinski definition) is 0. The lowest BCUT2D eigenvalue weighted by Gasteiger charge is -2.12. The lowest BCUT2D eigenvalue weighted by molar-refractivity contribution is 0.311. The molecule has 0 aliphatic carbocycles. The standard InChI is InChI=1S/C21H22O6/c1-5-25-18-9-13(7-8-16(18)24-4)17-12-15(22)21-19(26-6-2)10-14(23-3)11-20(21)27-17/h7-12H,5-6H2,1-4H3. The summed E-state index contributed by atoms with van der Waals surface area (Å²) in [6.45, 7) is 4.67. The van der Waals surface area contributed by atoms with Crippen LogP contribution in [0, 0.1) is 0 Å². The molecule has 0 saturated heterocycles. The Kier molecular flexibility index (Phi) is 5.54. The average molecular weight is 370 g/mol. The van der Waals surface area contributed by atoms with Crippen LogP contribution in [-0.4, -0.2) is 27.4 Å². The van der Waals surface area contributed by atoms with Gasteiger partial charge in [-0.2, -0.15) is 0 Å². The highest BCUT2D eigenvalue weighted by Gasteiger charge is 2.15. The molecule has 0 radical (unpaired) electrons. The normalized spacial score (nSPS) is 10.7. The first-order valence-corrected chi connectivity index (χ1v) is 8.71. The number of methoxy groups -OCH3 is 2. The molecule has 0 aliphatic rings. The third kappa shape index (κ3) is 3.69. The van der Waals surface area contributed by atoms with Crippen LogP contribution in [0.25, 0.3) is 22.3 Å². The van der Waals surface area contributed by atoms with Gasteiger partial charge in [0.2, 0.25) is 0 Å². The molecule has 0 aliphatic heterocycles. The van der Waals surface area contributed by atoms with Crippen molar-refractivity contribution < 1.29 is 23.4 Å². The minimum absolute atomic E-state index is 0.189. The van der Waals surface area contributed by atoms with Crippen LogP contribution in [0.4, 0.5) is 0 Å². The van der Waals surface area contributed by atoms with Crippen molar-refractivity contribution in [1.82, 2.24) is 0 Å². The van der Waals surface area contributed by atoms with E-state index < -0.39 is 0 Å². The van der Waals surface area contributed by atoms with Gasteiger partial charge in [-0.15, -0.1) is 0 Å². The topological polar surface area (TPSA) is 67.1 Å². The van der Waals surface area contributed by atoms with Crippen molar-refractivity contribution in [3.63, 3.8) is 0 Å². The molecule has 0 bridgehead atoms. The minimum Gasteiger partial charge on any atom is -0.496 e. The quantitative estimate of drug-likeness (QED) is 0.619. The van der Waals surface area contributed by atoms with Crippen LogP contribution in [0.15, 0.2) is 45.6 Å². The number of ether oxygens (including phenoxy) is 4. The minimum atomic E-state index is -0.189. The molecule has 2 aromatic carbocycles. The van der Waals surface area contributed by atoms with Gasteiger partial charge in [0.1, 0.15) is 28.2 Å². The van der Waals surface area contributed by atoms with E-state index in [2.05, 4.69) is 0 Å². The molecule has 0 N–H and O–H groups in total. The monoisotopic (exact) mass is 370 g/mol. The zero-order chi connectivity index (χ0) is 19.4. The number of fused-ring (bicyclic) bond motifs is 1. The fourth-order valence-corrected chi connectivity index (χ4v) is 2.86. The van der Waals surface area contributed by atoms with Gasteiger partial charge in [-0.1, -0.05) is 0 Å². The van der Waals surface area contributed by atoms with E-state index in [1.165, 1.54) is 6.07 Å². The first-order valence-electron chi connectivity index (χ1n) is 8.71. The lowest BCUT2D eigenvalue weighted by atomic mass is 10.1. The predicted octanol–water partition coefficient (Wildman–Crippen LogP) is 4.27. The highest BCUT2D eigenvalue weighted by atomic mass is 16.5. The van der Waals surface area contributed by atoms with Crippen LogP contribution < -0.4 is 24.4 Å². The SMILES string of the molecule is CCOc1cc(-c2cc(=O)c3c(OCC)cc(OC)cc3o2)ccc1OC. The van der Waals surface area contributed by atoms with Crippen LogP contribution in [-0.2, 0) is 0 Å². The van der Waals surface area contributed by atoms with Gasteiger partial charge in [-0.05, 0) is 32.0 Å². The van der Waals surface area contributed by atoms with Crippen LogP contribution in [0.1, 0.15) is 13.8 Å². The predicted molar refractivity (Wildman–Crippen MR) is 103 cm³/mol. The number of hydrogen-bond acceptors (Lipinski definition) is 6. The molecule has 0 fully saturated rings. The molecule has 1 aromatic heterocycles. The third-order valence-electron chi connectivity index (χ3n) is 4.05. The molecule has 3 aromatic rings. The average Bonchev–Trinajstić information content (AvgIpc) is 2.67. The van der Waals surface area contributed by atoms with Gasteiger partial charge in [-0.3, -0.25) is 4.79 Å². The van der Waals surface area contributed by atoms with Crippen LogP contribution in [0.2, 0.25) is 0 Å². The van der Waals surface area contributed by atoms with Crippen LogP contribution in [0.3, 0.4) is 0 Å². The zero-order valence-corrected chi connectivity index (χ0v) is 15.8. The van der Waals surface area contributed by atoms with E-state index >= 15 is 0 Å². The second-order valence-corrected chi connectivity index (χ2v) is 5.71. The Bertz CT molecular complexity index is 1010. The van der Waals surface area contributed by atoms with E-state index in [0.29, 0.717) is 58.5 Å². The summed E-state index contributed by atoms with van der Waals surface area (Å²) >= 11 is 0. The highest BCUT2D eigenvalue weighted by molar-refractivity contribution is 5.86. The summed E-state index contributed by atoms with van der Waals surface area (Å²) < 4.78 is 27.8. The summed E-state index contributed by atoms with van der Waals surface area (Å²) in [5.41, 5.74) is 0.916. The molecule has 0 spiro atoms. The largest absolute Gasteiger partial charge is 0.496 e. The molecule has 1 heterocycles. The first kappa shape index (κ1) is 18.6. The Morgan fingerprint density at radius 2 is 1.59 bits per heavy atom. The molecule has 142 valence electrons. The molecule has 3 rings (SSSR count). The summed E-state index contributed by atoms with van der Waals surface area (Å²) in [5, 5.41) is 0.389. The maximum absolute atomic E-state index is 12.8. The Labute approximate surface area is 157 Å². The van der Waals surface area contributed by atoms with Gasteiger partial charge in [0.05, 0.1) is 27.4 Å².